The van der Waals surface area contributed by atoms with E-state index in [9.17, 15) is 4.79 Å². The van der Waals surface area contributed by atoms with Gasteiger partial charge in [0, 0.05) is 6.08 Å². The van der Waals surface area contributed by atoms with Gasteiger partial charge in [0.05, 0.1) is 19.3 Å². The maximum absolute atomic E-state index is 10.4. The maximum atomic E-state index is 10.4. The first-order valence-corrected chi connectivity index (χ1v) is 5.20. The molecule has 1 aliphatic rings. The summed E-state index contributed by atoms with van der Waals surface area (Å²) in [5, 5.41) is 0.254. The third-order valence-corrected chi connectivity index (χ3v) is 3.14. The highest BCUT2D eigenvalue weighted by Crippen LogP contribution is 2.41. The van der Waals surface area contributed by atoms with Gasteiger partial charge in [0.2, 0.25) is 6.08 Å². The summed E-state index contributed by atoms with van der Waals surface area (Å²) in [5.41, 5.74) is 0. The van der Waals surface area contributed by atoms with Gasteiger partial charge in [-0.25, -0.2) is 4.79 Å². The molecule has 16 heavy (non-hydrogen) atoms. The lowest BCUT2D eigenvalue weighted by Crippen LogP contribution is -2.38. The topological polar surface area (TPSA) is 47.9 Å². The summed E-state index contributed by atoms with van der Waals surface area (Å²) >= 11 is 12.3. The third-order valence-electron chi connectivity index (χ3n) is 2.35. The Hall–Kier alpha value is -0.960. The minimum absolute atomic E-state index is 0.254. The molecule has 0 N–H and O–H groups in total. The Bertz CT molecular complexity index is 395. The molecule has 6 heteroatoms. The summed E-state index contributed by atoms with van der Waals surface area (Å²) in [7, 11) is 2.93. The Labute approximate surface area is 104 Å². The number of ether oxygens (including phenoxy) is 2. The number of methoxy groups -OCH3 is 2. The Morgan fingerprint density at radius 1 is 1.50 bits per heavy atom. The maximum Gasteiger partial charge on any atom is 0.235 e. The van der Waals surface area contributed by atoms with Gasteiger partial charge in [-0.15, -0.1) is 11.6 Å². The molecular formula is C10H11Cl2NO3. The van der Waals surface area contributed by atoms with Crippen LogP contribution in [0.4, 0.5) is 0 Å². The number of alkyl halides is 1. The second kappa shape index (κ2) is 4.91. The van der Waals surface area contributed by atoms with Gasteiger partial charge in [-0.05, 0) is 6.92 Å². The summed E-state index contributed by atoms with van der Waals surface area (Å²) in [4.78, 5) is 12.9. The third kappa shape index (κ3) is 2.09. The molecule has 0 radical (unpaired) electrons. The molecule has 0 spiro atoms. The van der Waals surface area contributed by atoms with Crippen molar-refractivity contribution in [3.05, 3.63) is 22.6 Å². The van der Waals surface area contributed by atoms with Crippen molar-refractivity contribution in [2.24, 2.45) is 4.99 Å². The molecule has 0 amide bonds. The number of carbonyl (C=O) groups excluding carboxylic acids is 1. The van der Waals surface area contributed by atoms with Crippen LogP contribution in [0.1, 0.15) is 6.92 Å². The van der Waals surface area contributed by atoms with Crippen molar-refractivity contribution >= 4 is 29.3 Å². The molecule has 2 unspecified atom stereocenters. The number of nitrogens with zero attached hydrogens (tertiary/aromatic N) is 1. The number of hydrogen-bond acceptors (Lipinski definition) is 4. The molecule has 0 heterocycles. The smallest absolute Gasteiger partial charge is 0.235 e. The van der Waals surface area contributed by atoms with Gasteiger partial charge in [0.1, 0.15) is 22.4 Å². The largest absolute Gasteiger partial charge is 0.499 e. The van der Waals surface area contributed by atoms with E-state index in [0.717, 1.165) is 0 Å². The van der Waals surface area contributed by atoms with E-state index in [1.165, 1.54) is 20.3 Å². The van der Waals surface area contributed by atoms with Crippen molar-refractivity contribution in [2.75, 3.05) is 14.2 Å². The first-order valence-electron chi connectivity index (χ1n) is 4.44. The SMILES string of the molecule is COC1=CC(OC)=C(Cl)C(N=C=O)C1(C)Cl. The van der Waals surface area contributed by atoms with Crippen LogP contribution in [0.5, 0.6) is 0 Å². The number of hydrogen-bond donors (Lipinski definition) is 0. The number of allylic oxidation sites excluding steroid dienone is 1. The van der Waals surface area contributed by atoms with E-state index in [0.29, 0.717) is 11.5 Å². The van der Waals surface area contributed by atoms with E-state index >= 15 is 0 Å². The Balaban J connectivity index is 3.32. The van der Waals surface area contributed by atoms with Gasteiger partial charge in [0.25, 0.3) is 0 Å². The fourth-order valence-electron chi connectivity index (χ4n) is 1.48. The summed E-state index contributed by atoms with van der Waals surface area (Å²) in [6.07, 6.45) is 3.02. The monoisotopic (exact) mass is 263 g/mol. The van der Waals surface area contributed by atoms with Crippen LogP contribution in [-0.4, -0.2) is 31.2 Å². The van der Waals surface area contributed by atoms with Crippen LogP contribution in [0, 0.1) is 0 Å². The van der Waals surface area contributed by atoms with Gasteiger partial charge in [-0.1, -0.05) is 11.6 Å². The quantitative estimate of drug-likeness (QED) is 0.446. The Morgan fingerprint density at radius 3 is 2.56 bits per heavy atom. The predicted molar refractivity (Wildman–Crippen MR) is 61.1 cm³/mol. The van der Waals surface area contributed by atoms with Crippen molar-refractivity contribution in [3.8, 4) is 0 Å². The van der Waals surface area contributed by atoms with Crippen molar-refractivity contribution in [1.29, 1.82) is 0 Å². The molecule has 4 nitrogen and oxygen atoms in total. The van der Waals surface area contributed by atoms with E-state index in [1.807, 2.05) is 0 Å². The van der Waals surface area contributed by atoms with Crippen LogP contribution in [-0.2, 0) is 14.3 Å². The molecule has 0 bridgehead atoms. The molecule has 0 saturated carbocycles. The fraction of sp³-hybridized carbons (Fsp3) is 0.500. The Kier molecular flexibility index (Phi) is 4.03. The summed E-state index contributed by atoms with van der Waals surface area (Å²) in [5.74, 6) is 0.806. The van der Waals surface area contributed by atoms with Crippen LogP contribution in [0.15, 0.2) is 27.6 Å². The minimum Gasteiger partial charge on any atom is -0.499 e. The molecule has 0 fully saturated rings. The zero-order valence-electron chi connectivity index (χ0n) is 9.08. The average Bonchev–Trinajstić information content (AvgIpc) is 2.24. The second-order valence-corrected chi connectivity index (χ2v) is 4.52. The molecular weight excluding hydrogens is 253 g/mol. The molecule has 0 aromatic heterocycles. The summed E-state index contributed by atoms with van der Waals surface area (Å²) in [6, 6.07) is -0.761. The predicted octanol–water partition coefficient (Wildman–Crippen LogP) is 2.33. The van der Waals surface area contributed by atoms with Gasteiger partial charge in [0.15, 0.2) is 0 Å². The molecule has 0 aromatic carbocycles. The first kappa shape index (κ1) is 13.1. The molecule has 0 aromatic rings. The van der Waals surface area contributed by atoms with Crippen LogP contribution >= 0.6 is 23.2 Å². The minimum atomic E-state index is -1.02. The van der Waals surface area contributed by atoms with Crippen LogP contribution in [0.3, 0.4) is 0 Å². The lowest BCUT2D eigenvalue weighted by molar-refractivity contribution is 0.231. The lowest BCUT2D eigenvalue weighted by Gasteiger charge is -2.33. The summed E-state index contributed by atoms with van der Waals surface area (Å²) < 4.78 is 10.2. The van der Waals surface area contributed by atoms with E-state index < -0.39 is 10.9 Å². The number of aliphatic imine (C=N–C) groups is 1. The summed E-state index contributed by atoms with van der Waals surface area (Å²) in [6.45, 7) is 1.66. The van der Waals surface area contributed by atoms with Crippen LogP contribution < -0.4 is 0 Å². The first-order chi connectivity index (χ1) is 7.48. The molecule has 0 aliphatic heterocycles. The van der Waals surface area contributed by atoms with Crippen molar-refractivity contribution in [2.45, 2.75) is 17.8 Å². The molecule has 1 rings (SSSR count). The zero-order chi connectivity index (χ0) is 12.3. The van der Waals surface area contributed by atoms with Crippen molar-refractivity contribution in [1.82, 2.24) is 0 Å². The lowest BCUT2D eigenvalue weighted by atomic mass is 9.93. The zero-order valence-corrected chi connectivity index (χ0v) is 10.6. The van der Waals surface area contributed by atoms with E-state index in [4.69, 9.17) is 32.7 Å². The second-order valence-electron chi connectivity index (χ2n) is 3.33. The van der Waals surface area contributed by atoms with E-state index in [1.54, 1.807) is 13.0 Å². The normalized spacial score (nSPS) is 29.3. The van der Waals surface area contributed by atoms with Crippen LogP contribution in [0.2, 0.25) is 0 Å². The molecule has 88 valence electrons. The van der Waals surface area contributed by atoms with E-state index in [-0.39, 0.29) is 5.03 Å². The van der Waals surface area contributed by atoms with Gasteiger partial charge < -0.3 is 9.47 Å². The van der Waals surface area contributed by atoms with Gasteiger partial charge in [-0.3, -0.25) is 0 Å². The Morgan fingerprint density at radius 2 is 2.12 bits per heavy atom. The number of isocyanates is 1. The van der Waals surface area contributed by atoms with Crippen molar-refractivity contribution in [3.63, 3.8) is 0 Å². The number of halogens is 2. The van der Waals surface area contributed by atoms with Crippen LogP contribution in [0.25, 0.3) is 0 Å². The fourth-order valence-corrected chi connectivity index (χ4v) is 2.23. The average molecular weight is 264 g/mol. The highest BCUT2D eigenvalue weighted by molar-refractivity contribution is 6.34. The molecule has 2 atom stereocenters. The van der Waals surface area contributed by atoms with Gasteiger partial charge >= 0.3 is 0 Å². The highest BCUT2D eigenvalue weighted by Gasteiger charge is 2.44. The molecule has 1 aliphatic carbocycles. The van der Waals surface area contributed by atoms with E-state index in [2.05, 4.69) is 4.99 Å². The highest BCUT2D eigenvalue weighted by atomic mass is 35.5. The van der Waals surface area contributed by atoms with Gasteiger partial charge in [-0.2, -0.15) is 4.99 Å². The molecule has 0 saturated heterocycles. The van der Waals surface area contributed by atoms with Crippen molar-refractivity contribution < 1.29 is 14.3 Å². The standard InChI is InChI=1S/C10H11Cl2NO3/c1-10(12)7(16-3)4-6(15-2)8(11)9(10)13-5-14/h4,9H,1-3H3. The number of rotatable bonds is 3.